The molecule has 56 valence electrons. The molecule has 0 aromatic heterocycles. The second kappa shape index (κ2) is 6.26. The Labute approximate surface area is 58.9 Å². The molecule has 0 radical (unpaired) electrons. The molecule has 0 rings (SSSR count). The molecule has 0 bridgehead atoms. The number of hydrogen-bond donors (Lipinski definition) is 0. The molecule has 0 unspecified atom stereocenters. The van der Waals surface area contributed by atoms with E-state index >= 15 is 0 Å². The lowest BCUT2D eigenvalue weighted by atomic mass is 10.8. The van der Waals surface area contributed by atoms with Gasteiger partial charge in [-0.1, -0.05) is 0 Å². The van der Waals surface area contributed by atoms with Gasteiger partial charge in [0.15, 0.2) is 9.04 Å². The van der Waals surface area contributed by atoms with Crippen molar-refractivity contribution in [2.75, 3.05) is 19.8 Å². The van der Waals surface area contributed by atoms with Crippen molar-refractivity contribution < 1.29 is 9.16 Å². The Morgan fingerprint density at radius 2 is 1.89 bits per heavy atom. The van der Waals surface area contributed by atoms with Crippen LogP contribution in [0, 0.1) is 0 Å². The smallest absolute Gasteiger partial charge is 0.171 e. The average Bonchev–Trinajstić information content (AvgIpc) is 1.80. The minimum absolute atomic E-state index is 0.752. The molecule has 0 spiro atoms. The van der Waals surface area contributed by atoms with E-state index in [0.29, 0.717) is 0 Å². The maximum absolute atomic E-state index is 5.36. The summed E-state index contributed by atoms with van der Waals surface area (Å²) in [6, 6.07) is 0. The Morgan fingerprint density at radius 3 is 2.33 bits per heavy atom. The number of ether oxygens (including phenoxy) is 1. The van der Waals surface area contributed by atoms with Crippen molar-refractivity contribution in [1.29, 1.82) is 0 Å². The third kappa shape index (κ3) is 8.14. The van der Waals surface area contributed by atoms with Crippen molar-refractivity contribution in [2.24, 2.45) is 0 Å². The molecule has 0 fully saturated rings. The van der Waals surface area contributed by atoms with Crippen LogP contribution in [-0.2, 0) is 9.16 Å². The van der Waals surface area contributed by atoms with E-state index in [1.165, 1.54) is 0 Å². The molecule has 0 aromatic rings. The minimum atomic E-state index is -0.793. The zero-order chi connectivity index (χ0) is 7.11. The van der Waals surface area contributed by atoms with E-state index < -0.39 is 9.04 Å². The zero-order valence-electron chi connectivity index (χ0n) is 6.52. The van der Waals surface area contributed by atoms with Gasteiger partial charge in [0.1, 0.15) is 0 Å². The molecule has 0 aliphatic carbocycles. The first-order valence-electron chi connectivity index (χ1n) is 3.46. The van der Waals surface area contributed by atoms with Gasteiger partial charge in [0.05, 0.1) is 13.2 Å². The molecule has 0 aromatic carbocycles. The highest BCUT2D eigenvalue weighted by Crippen LogP contribution is 1.83. The molecule has 0 aliphatic heterocycles. The molecule has 0 saturated carbocycles. The predicted molar refractivity (Wildman–Crippen MR) is 41.3 cm³/mol. The van der Waals surface area contributed by atoms with Gasteiger partial charge in [0.25, 0.3) is 0 Å². The van der Waals surface area contributed by atoms with Crippen molar-refractivity contribution in [3.8, 4) is 0 Å². The summed E-state index contributed by atoms with van der Waals surface area (Å²) in [4.78, 5) is 0. The average molecular weight is 148 g/mol. The molecule has 2 nitrogen and oxygen atoms in total. The van der Waals surface area contributed by atoms with Crippen LogP contribution >= 0.6 is 0 Å². The van der Waals surface area contributed by atoms with Crippen LogP contribution in [0.25, 0.3) is 0 Å². The summed E-state index contributed by atoms with van der Waals surface area (Å²) < 4.78 is 10.4. The van der Waals surface area contributed by atoms with E-state index in [4.69, 9.17) is 9.16 Å². The Balaban J connectivity index is 2.75. The Morgan fingerprint density at radius 1 is 1.22 bits per heavy atom. The summed E-state index contributed by atoms with van der Waals surface area (Å²) in [5, 5.41) is 0. The summed E-state index contributed by atoms with van der Waals surface area (Å²) in [5.74, 6) is 0. The zero-order valence-corrected chi connectivity index (χ0v) is 7.67. The molecule has 0 aliphatic rings. The van der Waals surface area contributed by atoms with Crippen LogP contribution in [0.1, 0.15) is 6.92 Å². The van der Waals surface area contributed by atoms with E-state index in [1.54, 1.807) is 0 Å². The molecule has 9 heavy (non-hydrogen) atoms. The Bertz CT molecular complexity index is 57.0. The van der Waals surface area contributed by atoms with Crippen molar-refractivity contribution in [2.45, 2.75) is 20.0 Å². The fourth-order valence-electron chi connectivity index (χ4n) is 0.487. The lowest BCUT2D eigenvalue weighted by Crippen LogP contribution is -2.12. The van der Waals surface area contributed by atoms with Crippen LogP contribution < -0.4 is 0 Å². The van der Waals surface area contributed by atoms with Gasteiger partial charge in [-0.15, -0.1) is 0 Å². The normalized spacial score (nSPS) is 10.7. The molecule has 3 heteroatoms. The van der Waals surface area contributed by atoms with Gasteiger partial charge >= 0.3 is 0 Å². The first-order chi connectivity index (χ1) is 4.27. The molecule has 0 amide bonds. The molecule has 0 N–H and O–H groups in total. The van der Waals surface area contributed by atoms with Crippen molar-refractivity contribution in [3.05, 3.63) is 0 Å². The van der Waals surface area contributed by atoms with E-state index in [2.05, 4.69) is 13.1 Å². The van der Waals surface area contributed by atoms with Gasteiger partial charge < -0.3 is 9.16 Å². The van der Waals surface area contributed by atoms with E-state index in [-0.39, 0.29) is 0 Å². The highest BCUT2D eigenvalue weighted by Gasteiger charge is 1.92. The second-order valence-electron chi connectivity index (χ2n) is 2.12. The van der Waals surface area contributed by atoms with Gasteiger partial charge in [-0.25, -0.2) is 0 Å². The second-order valence-corrected chi connectivity index (χ2v) is 4.55. The van der Waals surface area contributed by atoms with Crippen LogP contribution in [0.5, 0.6) is 0 Å². The lowest BCUT2D eigenvalue weighted by molar-refractivity contribution is 0.110. The molecular formula is C6H16O2Si. The standard InChI is InChI=1S/C6H16O2Si/c1-4-7-5-6-8-9(2)3/h9H,4-6H2,1-3H3. The minimum Gasteiger partial charge on any atom is -0.418 e. The van der Waals surface area contributed by atoms with Crippen molar-refractivity contribution in [1.82, 2.24) is 0 Å². The van der Waals surface area contributed by atoms with Crippen LogP contribution in [0.4, 0.5) is 0 Å². The number of rotatable bonds is 5. The quantitative estimate of drug-likeness (QED) is 0.428. The lowest BCUT2D eigenvalue weighted by Gasteiger charge is -2.05. The number of hydrogen-bond acceptors (Lipinski definition) is 2. The van der Waals surface area contributed by atoms with Crippen LogP contribution in [0.3, 0.4) is 0 Å². The summed E-state index contributed by atoms with van der Waals surface area (Å²) in [7, 11) is -0.793. The van der Waals surface area contributed by atoms with E-state index in [1.807, 2.05) is 6.92 Å². The topological polar surface area (TPSA) is 18.5 Å². The first kappa shape index (κ1) is 9.14. The van der Waals surface area contributed by atoms with Crippen LogP contribution in [0.2, 0.25) is 13.1 Å². The monoisotopic (exact) mass is 148 g/mol. The van der Waals surface area contributed by atoms with Gasteiger partial charge in [-0.3, -0.25) is 0 Å². The highest BCUT2D eigenvalue weighted by molar-refractivity contribution is 6.48. The molecule has 0 atom stereocenters. The maximum atomic E-state index is 5.36. The first-order valence-corrected chi connectivity index (χ1v) is 6.24. The fraction of sp³-hybridized carbons (Fsp3) is 1.00. The van der Waals surface area contributed by atoms with E-state index in [9.17, 15) is 0 Å². The summed E-state index contributed by atoms with van der Waals surface area (Å²) in [6.45, 7) is 8.63. The van der Waals surface area contributed by atoms with Crippen molar-refractivity contribution in [3.63, 3.8) is 0 Å². The Hall–Kier alpha value is 0.137. The molecular weight excluding hydrogens is 132 g/mol. The highest BCUT2D eigenvalue weighted by atomic mass is 28.3. The summed E-state index contributed by atoms with van der Waals surface area (Å²) in [6.07, 6.45) is 0. The Kier molecular flexibility index (Phi) is 6.35. The fourth-order valence-corrected chi connectivity index (χ4v) is 1.05. The van der Waals surface area contributed by atoms with Gasteiger partial charge in [-0.2, -0.15) is 0 Å². The SMILES string of the molecule is CCOCCO[SiH](C)C. The molecule has 0 saturated heterocycles. The van der Waals surface area contributed by atoms with E-state index in [0.717, 1.165) is 19.8 Å². The third-order valence-electron chi connectivity index (χ3n) is 0.883. The van der Waals surface area contributed by atoms with Gasteiger partial charge in [0.2, 0.25) is 0 Å². The van der Waals surface area contributed by atoms with Crippen LogP contribution in [0.15, 0.2) is 0 Å². The van der Waals surface area contributed by atoms with Gasteiger partial charge in [0, 0.05) is 6.61 Å². The molecule has 0 heterocycles. The van der Waals surface area contributed by atoms with Gasteiger partial charge in [-0.05, 0) is 20.0 Å². The predicted octanol–water partition coefficient (Wildman–Crippen LogP) is 1.02. The largest absolute Gasteiger partial charge is 0.418 e. The third-order valence-corrected chi connectivity index (χ3v) is 1.79. The summed E-state index contributed by atoms with van der Waals surface area (Å²) in [5.41, 5.74) is 0. The maximum Gasteiger partial charge on any atom is 0.171 e. The van der Waals surface area contributed by atoms with Crippen molar-refractivity contribution >= 4 is 9.04 Å². The van der Waals surface area contributed by atoms with Crippen LogP contribution in [-0.4, -0.2) is 28.9 Å². The summed E-state index contributed by atoms with van der Waals surface area (Å²) >= 11 is 0.